The summed E-state index contributed by atoms with van der Waals surface area (Å²) < 4.78 is 0. The van der Waals surface area contributed by atoms with Crippen LogP contribution in [-0.2, 0) is 9.59 Å². The molecule has 0 fully saturated rings. The first-order valence-electron chi connectivity index (χ1n) is 4.86. The molecule has 0 aliphatic heterocycles. The van der Waals surface area contributed by atoms with E-state index in [1.165, 1.54) is 0 Å². The third kappa shape index (κ3) is 4.74. The lowest BCUT2D eigenvalue weighted by atomic mass is 10.1. The number of carboxylic acid groups (broad SMARTS) is 1. The molecule has 0 aliphatic carbocycles. The number of carbonyl (C=O) groups excluding carboxylic acids is 2. The molecule has 2 N–H and O–H groups in total. The summed E-state index contributed by atoms with van der Waals surface area (Å²) in [7, 11) is 0. The van der Waals surface area contributed by atoms with E-state index in [-0.39, 0.29) is 12.3 Å². The van der Waals surface area contributed by atoms with Crippen molar-refractivity contribution in [3.8, 4) is 0 Å². The topological polar surface area (TPSA) is 83.5 Å². The summed E-state index contributed by atoms with van der Waals surface area (Å²) in [5.41, 5.74) is 0.495. The van der Waals surface area contributed by atoms with Crippen molar-refractivity contribution in [1.82, 2.24) is 5.32 Å². The smallest absolute Gasteiger partial charge is 0.328 e. The van der Waals surface area contributed by atoms with Gasteiger partial charge >= 0.3 is 5.97 Å². The van der Waals surface area contributed by atoms with E-state index in [2.05, 4.69) is 5.32 Å². The molecule has 0 spiro atoms. The van der Waals surface area contributed by atoms with Gasteiger partial charge in [0.05, 0.1) is 6.54 Å². The van der Waals surface area contributed by atoms with Crippen molar-refractivity contribution < 1.29 is 19.5 Å². The van der Waals surface area contributed by atoms with Crippen molar-refractivity contribution in [2.24, 2.45) is 0 Å². The number of aliphatic carboxylic acids is 1. The Morgan fingerprint density at radius 3 is 2.35 bits per heavy atom. The van der Waals surface area contributed by atoms with Crippen LogP contribution < -0.4 is 5.32 Å². The van der Waals surface area contributed by atoms with Crippen molar-refractivity contribution in [2.45, 2.75) is 0 Å². The lowest BCUT2D eigenvalue weighted by molar-refractivity contribution is -0.131. The predicted molar refractivity (Wildman–Crippen MR) is 60.6 cm³/mol. The third-order valence-corrected chi connectivity index (χ3v) is 1.90. The van der Waals surface area contributed by atoms with E-state index in [4.69, 9.17) is 5.11 Å². The highest BCUT2D eigenvalue weighted by Crippen LogP contribution is 1.98. The summed E-state index contributed by atoms with van der Waals surface area (Å²) in [5, 5.41) is 10.6. The molecule has 88 valence electrons. The second kappa shape index (κ2) is 6.22. The lowest BCUT2D eigenvalue weighted by Gasteiger charge is -2.01. The third-order valence-electron chi connectivity index (χ3n) is 1.90. The predicted octanol–water partition coefficient (Wildman–Crippen LogP) is 0.626. The van der Waals surface area contributed by atoms with E-state index in [9.17, 15) is 14.4 Å². The molecule has 1 rings (SSSR count). The zero-order chi connectivity index (χ0) is 12.7. The van der Waals surface area contributed by atoms with E-state index < -0.39 is 11.9 Å². The summed E-state index contributed by atoms with van der Waals surface area (Å²) in [5.74, 6) is -2.06. The van der Waals surface area contributed by atoms with Gasteiger partial charge in [-0.2, -0.15) is 0 Å². The van der Waals surface area contributed by atoms with Crippen molar-refractivity contribution in [3.05, 3.63) is 48.0 Å². The van der Waals surface area contributed by atoms with Crippen molar-refractivity contribution in [1.29, 1.82) is 0 Å². The molecule has 0 saturated heterocycles. The minimum atomic E-state index is -1.21. The van der Waals surface area contributed by atoms with Crippen molar-refractivity contribution >= 4 is 17.7 Å². The van der Waals surface area contributed by atoms with Gasteiger partial charge in [0.2, 0.25) is 5.91 Å². The van der Waals surface area contributed by atoms with Gasteiger partial charge in [0.1, 0.15) is 0 Å². The molecule has 0 heterocycles. The number of rotatable bonds is 5. The minimum Gasteiger partial charge on any atom is -0.478 e. The maximum Gasteiger partial charge on any atom is 0.328 e. The van der Waals surface area contributed by atoms with E-state index in [0.717, 1.165) is 6.08 Å². The van der Waals surface area contributed by atoms with Crippen LogP contribution in [0.5, 0.6) is 0 Å². The summed E-state index contributed by atoms with van der Waals surface area (Å²) in [4.78, 5) is 32.7. The molecule has 1 aromatic rings. The standard InChI is InChI=1S/C12H11NO4/c14-10(9-4-2-1-3-5-9)8-13-11(15)6-7-12(16)17/h1-7H,8H2,(H,13,15)(H,16,17). The quantitative estimate of drug-likeness (QED) is 0.577. The van der Waals surface area contributed by atoms with Crippen LogP contribution in [0.15, 0.2) is 42.5 Å². The van der Waals surface area contributed by atoms with Gasteiger partial charge in [0, 0.05) is 17.7 Å². The Kier molecular flexibility index (Phi) is 4.62. The van der Waals surface area contributed by atoms with Crippen LogP contribution in [0.25, 0.3) is 0 Å². The maximum absolute atomic E-state index is 11.5. The molecule has 0 saturated carbocycles. The Hall–Kier alpha value is -2.43. The molecule has 5 heteroatoms. The first-order chi connectivity index (χ1) is 8.09. The molecule has 0 unspecified atom stereocenters. The Balaban J connectivity index is 2.44. The first kappa shape index (κ1) is 12.6. The summed E-state index contributed by atoms with van der Waals surface area (Å²) >= 11 is 0. The Morgan fingerprint density at radius 2 is 1.76 bits per heavy atom. The van der Waals surface area contributed by atoms with Crippen molar-refractivity contribution in [2.75, 3.05) is 6.54 Å². The Morgan fingerprint density at radius 1 is 1.12 bits per heavy atom. The number of nitrogens with one attached hydrogen (secondary N) is 1. The molecule has 1 amide bonds. The van der Waals surface area contributed by atoms with Gasteiger partial charge in [-0.15, -0.1) is 0 Å². The van der Waals surface area contributed by atoms with E-state index in [1.54, 1.807) is 30.3 Å². The van der Waals surface area contributed by atoms with Crippen LogP contribution in [-0.4, -0.2) is 29.3 Å². The van der Waals surface area contributed by atoms with Crippen LogP contribution in [0.2, 0.25) is 0 Å². The second-order valence-corrected chi connectivity index (χ2v) is 3.18. The highest BCUT2D eigenvalue weighted by atomic mass is 16.4. The fraction of sp³-hybridized carbons (Fsp3) is 0.0833. The van der Waals surface area contributed by atoms with Crippen LogP contribution >= 0.6 is 0 Å². The highest BCUT2D eigenvalue weighted by Gasteiger charge is 2.05. The zero-order valence-corrected chi connectivity index (χ0v) is 8.92. The van der Waals surface area contributed by atoms with E-state index in [0.29, 0.717) is 11.6 Å². The number of carbonyl (C=O) groups is 3. The van der Waals surface area contributed by atoms with Gasteiger partial charge in [-0.05, 0) is 0 Å². The second-order valence-electron chi connectivity index (χ2n) is 3.18. The number of benzene rings is 1. The number of carboxylic acids is 1. The fourth-order valence-electron chi connectivity index (χ4n) is 1.10. The Labute approximate surface area is 97.8 Å². The summed E-state index contributed by atoms with van der Waals surface area (Å²) in [6.07, 6.45) is 1.57. The molecular formula is C12H11NO4. The summed E-state index contributed by atoms with van der Waals surface area (Å²) in [6, 6.07) is 8.51. The molecule has 0 aromatic heterocycles. The maximum atomic E-state index is 11.5. The number of hydrogen-bond donors (Lipinski definition) is 2. The normalized spacial score (nSPS) is 10.1. The van der Waals surface area contributed by atoms with Gasteiger partial charge in [-0.25, -0.2) is 4.79 Å². The minimum absolute atomic E-state index is 0.160. The molecule has 1 aromatic carbocycles. The van der Waals surface area contributed by atoms with Crippen LogP contribution in [0.1, 0.15) is 10.4 Å². The average Bonchev–Trinajstić information content (AvgIpc) is 2.34. The van der Waals surface area contributed by atoms with E-state index in [1.807, 2.05) is 0 Å². The van der Waals surface area contributed by atoms with Gasteiger partial charge in [-0.1, -0.05) is 30.3 Å². The van der Waals surface area contributed by atoms with Gasteiger partial charge in [0.15, 0.2) is 5.78 Å². The highest BCUT2D eigenvalue weighted by molar-refractivity contribution is 6.01. The zero-order valence-electron chi connectivity index (χ0n) is 8.92. The summed E-state index contributed by atoms with van der Waals surface area (Å²) in [6.45, 7) is -0.160. The van der Waals surface area contributed by atoms with Crippen LogP contribution in [0.4, 0.5) is 0 Å². The SMILES string of the molecule is O=C(O)C=CC(=O)NCC(=O)c1ccccc1. The Bertz CT molecular complexity index is 451. The first-order valence-corrected chi connectivity index (χ1v) is 4.86. The molecule has 0 bridgehead atoms. The molecular weight excluding hydrogens is 222 g/mol. The van der Waals surface area contributed by atoms with Gasteiger partial charge in [-0.3, -0.25) is 9.59 Å². The molecule has 0 aliphatic rings. The molecule has 0 atom stereocenters. The molecule has 17 heavy (non-hydrogen) atoms. The van der Waals surface area contributed by atoms with Gasteiger partial charge < -0.3 is 10.4 Å². The number of amides is 1. The number of ketones is 1. The molecule has 5 nitrogen and oxygen atoms in total. The number of Topliss-reactive ketones (excluding diaryl/α,β-unsaturated/α-hetero) is 1. The van der Waals surface area contributed by atoms with Crippen LogP contribution in [0.3, 0.4) is 0 Å². The monoisotopic (exact) mass is 233 g/mol. The fourth-order valence-corrected chi connectivity index (χ4v) is 1.10. The van der Waals surface area contributed by atoms with E-state index >= 15 is 0 Å². The van der Waals surface area contributed by atoms with Crippen molar-refractivity contribution in [3.63, 3.8) is 0 Å². The van der Waals surface area contributed by atoms with Crippen LogP contribution in [0, 0.1) is 0 Å². The molecule has 0 radical (unpaired) electrons. The number of hydrogen-bond acceptors (Lipinski definition) is 3. The average molecular weight is 233 g/mol. The largest absolute Gasteiger partial charge is 0.478 e. The lowest BCUT2D eigenvalue weighted by Crippen LogP contribution is -2.28. The van der Waals surface area contributed by atoms with Gasteiger partial charge in [0.25, 0.3) is 0 Å².